The van der Waals surface area contributed by atoms with E-state index in [4.69, 9.17) is 23.2 Å². The molecule has 1 aromatic carbocycles. The van der Waals surface area contributed by atoms with Crippen LogP contribution in [-0.2, 0) is 12.1 Å². The Morgan fingerprint density at radius 3 is 2.54 bits per heavy atom. The van der Waals surface area contributed by atoms with E-state index in [1.165, 1.54) is 18.4 Å². The summed E-state index contributed by atoms with van der Waals surface area (Å²) in [5.41, 5.74) is 0.668. The van der Waals surface area contributed by atoms with E-state index in [1.807, 2.05) is 13.0 Å². The lowest BCUT2D eigenvalue weighted by atomic mass is 10.0. The molecule has 28 heavy (non-hydrogen) atoms. The van der Waals surface area contributed by atoms with E-state index in [0.29, 0.717) is 27.0 Å². The molecule has 2 heterocycles. The van der Waals surface area contributed by atoms with Gasteiger partial charge in [-0.15, -0.1) is 0 Å². The topological polar surface area (TPSA) is 88.2 Å². The lowest BCUT2D eigenvalue weighted by Gasteiger charge is -2.16. The highest BCUT2D eigenvalue weighted by Gasteiger charge is 2.32. The first-order valence-electron chi connectivity index (χ1n) is 8.50. The van der Waals surface area contributed by atoms with E-state index in [1.54, 1.807) is 30.6 Å². The Morgan fingerprint density at radius 2 is 1.93 bits per heavy atom. The van der Waals surface area contributed by atoms with Crippen molar-refractivity contribution in [2.45, 2.75) is 32.9 Å². The van der Waals surface area contributed by atoms with Gasteiger partial charge in [-0.1, -0.05) is 23.2 Å². The number of benzene rings is 1. The third kappa shape index (κ3) is 4.04. The van der Waals surface area contributed by atoms with Crippen LogP contribution < -0.4 is 0 Å². The molecule has 6 nitrogen and oxygen atoms in total. The Hall–Kier alpha value is -2.41. The molecule has 0 spiro atoms. The Bertz CT molecular complexity index is 1060. The van der Waals surface area contributed by atoms with Gasteiger partial charge in [0.25, 0.3) is 0 Å². The van der Waals surface area contributed by atoms with E-state index in [0.717, 1.165) is 5.56 Å². The molecule has 3 aromatic rings. The SMILES string of the molecule is Cc1cncc(-c2nc(C(C)(C)O)c(C(=O)O)n2Cc2cc(Cl)ccc2Cl)c1. The number of pyridine rings is 1. The highest BCUT2D eigenvalue weighted by atomic mass is 35.5. The molecule has 0 radical (unpaired) electrons. The molecule has 0 bridgehead atoms. The van der Waals surface area contributed by atoms with Gasteiger partial charge >= 0.3 is 5.97 Å². The Labute approximate surface area is 172 Å². The minimum absolute atomic E-state index is 0.0645. The van der Waals surface area contributed by atoms with Gasteiger partial charge in [-0.05, 0) is 56.2 Å². The fourth-order valence-corrected chi connectivity index (χ4v) is 3.35. The number of hydrogen-bond acceptors (Lipinski definition) is 4. The highest BCUT2D eigenvalue weighted by molar-refractivity contribution is 6.33. The highest BCUT2D eigenvalue weighted by Crippen LogP contribution is 2.31. The van der Waals surface area contributed by atoms with Crippen LogP contribution in [0.25, 0.3) is 11.4 Å². The third-order valence-corrected chi connectivity index (χ3v) is 4.82. The smallest absolute Gasteiger partial charge is 0.354 e. The Morgan fingerprint density at radius 1 is 1.21 bits per heavy atom. The molecular weight excluding hydrogens is 401 g/mol. The second-order valence-corrected chi connectivity index (χ2v) is 7.91. The average Bonchev–Trinajstić information content (AvgIpc) is 2.98. The van der Waals surface area contributed by atoms with Crippen LogP contribution in [0.3, 0.4) is 0 Å². The number of carboxylic acid groups (broad SMARTS) is 1. The molecule has 0 saturated carbocycles. The van der Waals surface area contributed by atoms with Crippen LogP contribution >= 0.6 is 23.2 Å². The maximum absolute atomic E-state index is 12.1. The van der Waals surface area contributed by atoms with Crippen LogP contribution in [0, 0.1) is 6.92 Å². The summed E-state index contributed by atoms with van der Waals surface area (Å²) < 4.78 is 1.52. The first-order valence-corrected chi connectivity index (χ1v) is 9.26. The Kier molecular flexibility index (Phi) is 5.48. The maximum atomic E-state index is 12.1. The molecule has 2 N–H and O–H groups in total. The summed E-state index contributed by atoms with van der Waals surface area (Å²) in [5.74, 6) is -0.823. The van der Waals surface area contributed by atoms with Crippen molar-refractivity contribution >= 4 is 29.2 Å². The van der Waals surface area contributed by atoms with Crippen molar-refractivity contribution in [3.8, 4) is 11.4 Å². The number of rotatable bonds is 5. The molecule has 0 saturated heterocycles. The molecule has 0 aliphatic heterocycles. The van der Waals surface area contributed by atoms with E-state index in [9.17, 15) is 15.0 Å². The summed E-state index contributed by atoms with van der Waals surface area (Å²) in [4.78, 5) is 20.8. The quantitative estimate of drug-likeness (QED) is 0.633. The minimum Gasteiger partial charge on any atom is -0.477 e. The number of halogens is 2. The number of carbonyl (C=O) groups is 1. The van der Waals surface area contributed by atoms with Crippen LogP contribution in [-0.4, -0.2) is 30.7 Å². The normalized spacial score (nSPS) is 11.6. The Balaban J connectivity index is 2.29. The predicted octanol–water partition coefficient (Wildman–Crippen LogP) is 4.53. The molecule has 8 heteroatoms. The number of imidazole rings is 1. The van der Waals surface area contributed by atoms with Crippen molar-refractivity contribution in [1.82, 2.24) is 14.5 Å². The molecule has 0 unspecified atom stereocenters. The van der Waals surface area contributed by atoms with Crippen molar-refractivity contribution in [2.24, 2.45) is 0 Å². The molecule has 0 aliphatic rings. The number of nitrogens with zero attached hydrogens (tertiary/aromatic N) is 3. The van der Waals surface area contributed by atoms with Gasteiger partial charge in [0.15, 0.2) is 5.69 Å². The molecule has 0 atom stereocenters. The standard InChI is InChI=1S/C20H19Cl2N3O3/c1-11-6-12(9-23-8-11)18-24-17(20(2,3)28)16(19(26)27)25(18)10-13-7-14(21)4-5-15(13)22/h4-9,28H,10H2,1-3H3,(H,26,27). The molecule has 0 fully saturated rings. The molecule has 3 rings (SSSR count). The number of aromatic carboxylic acids is 1. The predicted molar refractivity (Wildman–Crippen MR) is 108 cm³/mol. The molecule has 146 valence electrons. The van der Waals surface area contributed by atoms with Gasteiger partial charge in [-0.25, -0.2) is 9.78 Å². The number of aromatic nitrogens is 3. The summed E-state index contributed by atoms with van der Waals surface area (Å²) in [7, 11) is 0. The van der Waals surface area contributed by atoms with Gasteiger partial charge < -0.3 is 14.8 Å². The molecule has 2 aromatic heterocycles. The summed E-state index contributed by atoms with van der Waals surface area (Å²) in [6, 6.07) is 6.84. The van der Waals surface area contributed by atoms with Gasteiger partial charge in [0.1, 0.15) is 17.1 Å². The van der Waals surface area contributed by atoms with Crippen LogP contribution in [0.1, 0.15) is 41.2 Å². The zero-order valence-electron chi connectivity index (χ0n) is 15.6. The second-order valence-electron chi connectivity index (χ2n) is 7.07. The first-order chi connectivity index (χ1) is 13.1. The third-order valence-electron chi connectivity index (χ3n) is 4.22. The van der Waals surface area contributed by atoms with Crippen LogP contribution in [0.5, 0.6) is 0 Å². The van der Waals surface area contributed by atoms with Crippen LogP contribution in [0.2, 0.25) is 10.0 Å². The van der Waals surface area contributed by atoms with Crippen molar-refractivity contribution in [3.05, 3.63) is 69.2 Å². The summed E-state index contributed by atoms with van der Waals surface area (Å²) in [6.45, 7) is 4.99. The number of aliphatic hydroxyl groups is 1. The van der Waals surface area contributed by atoms with Gasteiger partial charge in [0.05, 0.1) is 6.54 Å². The van der Waals surface area contributed by atoms with Gasteiger partial charge in [0, 0.05) is 28.0 Å². The van der Waals surface area contributed by atoms with E-state index < -0.39 is 11.6 Å². The van der Waals surface area contributed by atoms with Crippen LogP contribution in [0.15, 0.2) is 36.7 Å². The second kappa shape index (κ2) is 7.54. The molecular formula is C20H19Cl2N3O3. The zero-order valence-corrected chi connectivity index (χ0v) is 17.1. The van der Waals surface area contributed by atoms with Gasteiger partial charge in [0.2, 0.25) is 0 Å². The van der Waals surface area contributed by atoms with Crippen LogP contribution in [0.4, 0.5) is 0 Å². The van der Waals surface area contributed by atoms with Gasteiger partial charge in [-0.3, -0.25) is 4.98 Å². The van der Waals surface area contributed by atoms with Crippen molar-refractivity contribution < 1.29 is 15.0 Å². The fourth-order valence-electron chi connectivity index (χ4n) is 2.98. The van der Waals surface area contributed by atoms with Crippen molar-refractivity contribution in [2.75, 3.05) is 0 Å². The summed E-state index contributed by atoms with van der Waals surface area (Å²) in [6.07, 6.45) is 3.30. The molecule has 0 amide bonds. The minimum atomic E-state index is -1.46. The molecule has 0 aliphatic carbocycles. The zero-order chi connectivity index (χ0) is 20.6. The van der Waals surface area contributed by atoms with Gasteiger partial charge in [-0.2, -0.15) is 0 Å². The maximum Gasteiger partial charge on any atom is 0.354 e. The largest absolute Gasteiger partial charge is 0.477 e. The summed E-state index contributed by atoms with van der Waals surface area (Å²) >= 11 is 12.4. The first kappa shape index (κ1) is 20.3. The number of carboxylic acids is 1. The van der Waals surface area contributed by atoms with Crippen molar-refractivity contribution in [1.29, 1.82) is 0 Å². The fraction of sp³-hybridized carbons (Fsp3) is 0.250. The van der Waals surface area contributed by atoms with E-state index in [2.05, 4.69) is 9.97 Å². The van der Waals surface area contributed by atoms with E-state index >= 15 is 0 Å². The number of hydrogen-bond donors (Lipinski definition) is 2. The summed E-state index contributed by atoms with van der Waals surface area (Å²) in [5, 5.41) is 21.3. The van der Waals surface area contributed by atoms with E-state index in [-0.39, 0.29) is 17.9 Å². The average molecular weight is 420 g/mol. The monoisotopic (exact) mass is 419 g/mol. The lowest BCUT2D eigenvalue weighted by Crippen LogP contribution is -2.22. The van der Waals surface area contributed by atoms with Crippen molar-refractivity contribution in [3.63, 3.8) is 0 Å². The lowest BCUT2D eigenvalue weighted by molar-refractivity contribution is 0.0602. The number of aryl methyl sites for hydroxylation is 1.